The quantitative estimate of drug-likeness (QED) is 0.863. The van der Waals surface area contributed by atoms with Crippen molar-refractivity contribution in [3.63, 3.8) is 0 Å². The highest BCUT2D eigenvalue weighted by Gasteiger charge is 2.37. The monoisotopic (exact) mass is 338 g/mol. The highest BCUT2D eigenvalue weighted by Crippen LogP contribution is 2.36. The van der Waals surface area contributed by atoms with Crippen molar-refractivity contribution in [3.8, 4) is 5.75 Å². The van der Waals surface area contributed by atoms with Crippen molar-refractivity contribution in [2.75, 3.05) is 32.8 Å². The second-order valence-corrected chi connectivity index (χ2v) is 7.11. The number of nitrogens with zero attached hydrogens (tertiary/aromatic N) is 1. The van der Waals surface area contributed by atoms with Crippen LogP contribution in [-0.2, 0) is 11.3 Å². The van der Waals surface area contributed by atoms with Gasteiger partial charge in [0, 0.05) is 30.2 Å². The summed E-state index contributed by atoms with van der Waals surface area (Å²) in [6.45, 7) is 4.76. The molecule has 1 aromatic rings. The first-order chi connectivity index (χ1) is 11.1. The lowest BCUT2D eigenvalue weighted by Gasteiger charge is -2.40. The van der Waals surface area contributed by atoms with Gasteiger partial charge in [0.2, 0.25) is 0 Å². The number of carboxylic acids is 1. The standard InChI is InChI=1S/C17H23ClN2O3/c18-14-2-3-15(23-10-16(21)22)13(8-14)9-20-7-1-4-17(12-20)5-6-19-11-17/h2-3,8,19H,1,4-7,9-12H2,(H,21,22). The zero-order valence-electron chi connectivity index (χ0n) is 13.2. The predicted molar refractivity (Wildman–Crippen MR) is 89.0 cm³/mol. The number of aliphatic carboxylic acids is 1. The zero-order chi connectivity index (χ0) is 16.3. The molecule has 0 amide bonds. The van der Waals surface area contributed by atoms with E-state index >= 15 is 0 Å². The SMILES string of the molecule is O=C(O)COc1ccc(Cl)cc1CN1CCCC2(CCNC2)C1. The molecule has 2 fully saturated rings. The third kappa shape index (κ3) is 4.16. The number of carbonyl (C=O) groups is 1. The van der Waals surface area contributed by atoms with Gasteiger partial charge in [-0.3, -0.25) is 4.90 Å². The average molecular weight is 339 g/mol. The number of rotatable bonds is 5. The van der Waals surface area contributed by atoms with E-state index in [-0.39, 0.29) is 6.61 Å². The Bertz CT molecular complexity index is 573. The number of hydrogen-bond acceptors (Lipinski definition) is 4. The molecule has 5 nitrogen and oxygen atoms in total. The highest BCUT2D eigenvalue weighted by atomic mass is 35.5. The normalized spacial score (nSPS) is 24.9. The summed E-state index contributed by atoms with van der Waals surface area (Å²) in [5.74, 6) is -0.360. The number of halogens is 1. The molecule has 2 heterocycles. The van der Waals surface area contributed by atoms with Crippen LogP contribution in [0.15, 0.2) is 18.2 Å². The molecule has 1 aromatic carbocycles. The van der Waals surface area contributed by atoms with Gasteiger partial charge in [0.1, 0.15) is 5.75 Å². The van der Waals surface area contributed by atoms with Crippen molar-refractivity contribution in [2.45, 2.75) is 25.8 Å². The first-order valence-corrected chi connectivity index (χ1v) is 8.50. The fraction of sp³-hybridized carbons (Fsp3) is 0.588. The maximum Gasteiger partial charge on any atom is 0.341 e. The van der Waals surface area contributed by atoms with Gasteiger partial charge in [-0.2, -0.15) is 0 Å². The van der Waals surface area contributed by atoms with Crippen molar-refractivity contribution >= 4 is 17.6 Å². The molecule has 0 saturated carbocycles. The molecule has 23 heavy (non-hydrogen) atoms. The van der Waals surface area contributed by atoms with E-state index in [0.717, 1.165) is 38.3 Å². The molecule has 126 valence electrons. The lowest BCUT2D eigenvalue weighted by molar-refractivity contribution is -0.139. The Morgan fingerprint density at radius 1 is 1.43 bits per heavy atom. The molecule has 0 bridgehead atoms. The first-order valence-electron chi connectivity index (χ1n) is 8.12. The second kappa shape index (κ2) is 7.07. The summed E-state index contributed by atoms with van der Waals surface area (Å²) in [4.78, 5) is 13.2. The summed E-state index contributed by atoms with van der Waals surface area (Å²) in [7, 11) is 0. The van der Waals surface area contributed by atoms with Crippen LogP contribution in [0.1, 0.15) is 24.8 Å². The van der Waals surface area contributed by atoms with Crippen LogP contribution in [0.2, 0.25) is 5.02 Å². The maximum absolute atomic E-state index is 10.7. The van der Waals surface area contributed by atoms with E-state index in [0.29, 0.717) is 16.2 Å². The molecule has 1 unspecified atom stereocenters. The van der Waals surface area contributed by atoms with Gasteiger partial charge in [-0.25, -0.2) is 4.79 Å². The number of benzene rings is 1. The summed E-state index contributed by atoms with van der Waals surface area (Å²) in [5, 5.41) is 12.9. The van der Waals surface area contributed by atoms with Crippen molar-refractivity contribution in [2.24, 2.45) is 5.41 Å². The minimum Gasteiger partial charge on any atom is -0.482 e. The van der Waals surface area contributed by atoms with E-state index in [4.69, 9.17) is 21.4 Å². The highest BCUT2D eigenvalue weighted by molar-refractivity contribution is 6.30. The molecule has 2 N–H and O–H groups in total. The topological polar surface area (TPSA) is 61.8 Å². The number of hydrogen-bond donors (Lipinski definition) is 2. The fourth-order valence-corrected chi connectivity index (χ4v) is 3.98. The van der Waals surface area contributed by atoms with Crippen LogP contribution in [-0.4, -0.2) is 48.8 Å². The summed E-state index contributed by atoms with van der Waals surface area (Å²) < 4.78 is 5.41. The minimum absolute atomic E-state index is 0.331. The van der Waals surface area contributed by atoms with Crippen molar-refractivity contribution in [1.29, 1.82) is 0 Å². The number of ether oxygens (including phenoxy) is 1. The largest absolute Gasteiger partial charge is 0.482 e. The Kier molecular flexibility index (Phi) is 5.09. The molecule has 0 aromatic heterocycles. The van der Waals surface area contributed by atoms with Crippen LogP contribution in [0.4, 0.5) is 0 Å². The minimum atomic E-state index is -0.972. The molecule has 0 aliphatic carbocycles. The molecule has 0 radical (unpaired) electrons. The van der Waals surface area contributed by atoms with E-state index in [1.165, 1.54) is 19.3 Å². The van der Waals surface area contributed by atoms with Gasteiger partial charge >= 0.3 is 5.97 Å². The summed E-state index contributed by atoms with van der Waals surface area (Å²) >= 11 is 6.12. The molecule has 2 aliphatic heterocycles. The molecule has 6 heteroatoms. The number of carboxylic acid groups (broad SMARTS) is 1. The summed E-state index contributed by atoms with van der Waals surface area (Å²) in [6, 6.07) is 5.38. The summed E-state index contributed by atoms with van der Waals surface area (Å²) in [6.07, 6.45) is 3.73. The molecule has 1 spiro atoms. The summed E-state index contributed by atoms with van der Waals surface area (Å²) in [5.41, 5.74) is 1.36. The fourth-order valence-electron chi connectivity index (χ4n) is 3.78. The van der Waals surface area contributed by atoms with Crippen molar-refractivity contribution < 1.29 is 14.6 Å². The van der Waals surface area contributed by atoms with Gasteiger partial charge in [0.15, 0.2) is 6.61 Å². The molecule has 2 aliphatic rings. The smallest absolute Gasteiger partial charge is 0.341 e. The molecular weight excluding hydrogens is 316 g/mol. The number of nitrogens with one attached hydrogen (secondary N) is 1. The lowest BCUT2D eigenvalue weighted by Crippen LogP contribution is -2.44. The third-order valence-electron chi connectivity index (χ3n) is 4.84. The van der Waals surface area contributed by atoms with Crippen LogP contribution < -0.4 is 10.1 Å². The van der Waals surface area contributed by atoms with Gasteiger partial charge in [0.25, 0.3) is 0 Å². The Hall–Kier alpha value is -1.30. The van der Waals surface area contributed by atoms with E-state index < -0.39 is 5.97 Å². The van der Waals surface area contributed by atoms with Crippen molar-refractivity contribution in [1.82, 2.24) is 10.2 Å². The van der Waals surface area contributed by atoms with Crippen molar-refractivity contribution in [3.05, 3.63) is 28.8 Å². The first kappa shape index (κ1) is 16.6. The predicted octanol–water partition coefficient (Wildman–Crippen LogP) is 2.38. The van der Waals surface area contributed by atoms with Crippen LogP contribution in [0.3, 0.4) is 0 Å². The molecular formula is C17H23ClN2O3. The maximum atomic E-state index is 10.7. The molecule has 3 rings (SSSR count). The number of piperidine rings is 1. The average Bonchev–Trinajstić information content (AvgIpc) is 2.94. The Labute approximate surface area is 141 Å². The molecule has 2 saturated heterocycles. The Morgan fingerprint density at radius 3 is 3.04 bits per heavy atom. The van der Waals surface area contributed by atoms with E-state index in [1.807, 2.05) is 6.07 Å². The van der Waals surface area contributed by atoms with Crippen LogP contribution >= 0.6 is 11.6 Å². The van der Waals surface area contributed by atoms with E-state index in [1.54, 1.807) is 12.1 Å². The van der Waals surface area contributed by atoms with Gasteiger partial charge in [-0.15, -0.1) is 0 Å². The van der Waals surface area contributed by atoms with Crippen LogP contribution in [0.5, 0.6) is 5.75 Å². The van der Waals surface area contributed by atoms with Crippen LogP contribution in [0.25, 0.3) is 0 Å². The number of likely N-dealkylation sites (tertiary alicyclic amines) is 1. The van der Waals surface area contributed by atoms with Gasteiger partial charge in [-0.05, 0) is 56.0 Å². The molecule has 1 atom stereocenters. The van der Waals surface area contributed by atoms with Gasteiger partial charge in [0.05, 0.1) is 0 Å². The van der Waals surface area contributed by atoms with Crippen LogP contribution in [0, 0.1) is 5.41 Å². The second-order valence-electron chi connectivity index (χ2n) is 6.68. The zero-order valence-corrected chi connectivity index (χ0v) is 13.9. The van der Waals surface area contributed by atoms with E-state index in [2.05, 4.69) is 10.2 Å². The Balaban J connectivity index is 1.70. The van der Waals surface area contributed by atoms with Gasteiger partial charge < -0.3 is 15.2 Å². The lowest BCUT2D eigenvalue weighted by atomic mass is 9.79. The third-order valence-corrected chi connectivity index (χ3v) is 5.08. The van der Waals surface area contributed by atoms with Gasteiger partial charge in [-0.1, -0.05) is 11.6 Å². The van der Waals surface area contributed by atoms with E-state index in [9.17, 15) is 4.79 Å². The Morgan fingerprint density at radius 2 is 2.30 bits per heavy atom.